The fourth-order valence-electron chi connectivity index (χ4n) is 1.71. The summed E-state index contributed by atoms with van der Waals surface area (Å²) in [6.07, 6.45) is 0. The maximum atomic E-state index is 12.0. The number of imidazole rings is 1. The lowest BCUT2D eigenvalue weighted by Crippen LogP contribution is -2.31. The van der Waals surface area contributed by atoms with E-state index >= 15 is 0 Å². The smallest absolute Gasteiger partial charge is 0.316 e. The molecule has 0 atom stereocenters. The van der Waals surface area contributed by atoms with Crippen molar-refractivity contribution in [3.8, 4) is 0 Å². The normalized spacial score (nSPS) is 12.1. The Balaban J connectivity index is 2.20. The summed E-state index contributed by atoms with van der Waals surface area (Å²) in [6, 6.07) is 4.45. The Morgan fingerprint density at radius 3 is 2.63 bits per heavy atom. The molecule has 0 aliphatic heterocycles. The lowest BCUT2D eigenvalue weighted by molar-refractivity contribution is 0.577. The highest BCUT2D eigenvalue weighted by Gasteiger charge is 2.14. The number of H-pyrrole nitrogens is 2. The van der Waals surface area contributed by atoms with Crippen LogP contribution in [-0.2, 0) is 10.0 Å². The van der Waals surface area contributed by atoms with Crippen molar-refractivity contribution in [1.29, 1.82) is 0 Å². The molecular weight excluding hydrogens is 268 g/mol. The zero-order valence-electron chi connectivity index (χ0n) is 10.5. The Morgan fingerprint density at radius 2 is 1.89 bits per heavy atom. The van der Waals surface area contributed by atoms with Crippen LogP contribution in [0.2, 0.25) is 0 Å². The molecule has 1 aromatic heterocycles. The lowest BCUT2D eigenvalue weighted by Gasteiger charge is -2.07. The van der Waals surface area contributed by atoms with E-state index in [1.807, 2.05) is 6.92 Å². The Kier molecular flexibility index (Phi) is 4.03. The molecule has 4 N–H and O–H groups in total. The molecule has 1 heterocycles. The van der Waals surface area contributed by atoms with E-state index in [2.05, 4.69) is 20.0 Å². The summed E-state index contributed by atoms with van der Waals surface area (Å²) < 4.78 is 26.5. The van der Waals surface area contributed by atoms with Crippen LogP contribution in [0.5, 0.6) is 0 Å². The van der Waals surface area contributed by atoms with Gasteiger partial charge in [0.1, 0.15) is 0 Å². The Hall–Kier alpha value is -1.64. The van der Waals surface area contributed by atoms with Gasteiger partial charge in [-0.3, -0.25) is 0 Å². The van der Waals surface area contributed by atoms with Crippen LogP contribution in [0.15, 0.2) is 27.9 Å². The van der Waals surface area contributed by atoms with Crippen molar-refractivity contribution >= 4 is 21.1 Å². The van der Waals surface area contributed by atoms with Crippen LogP contribution in [0.4, 0.5) is 0 Å². The van der Waals surface area contributed by atoms with Crippen molar-refractivity contribution in [2.24, 2.45) is 0 Å². The summed E-state index contributed by atoms with van der Waals surface area (Å²) in [5.41, 5.74) is 0.695. The first kappa shape index (κ1) is 13.8. The van der Waals surface area contributed by atoms with E-state index in [0.717, 1.165) is 6.54 Å². The van der Waals surface area contributed by atoms with Crippen LogP contribution in [-0.4, -0.2) is 38.0 Å². The van der Waals surface area contributed by atoms with Gasteiger partial charge in [0.05, 0.1) is 15.9 Å². The van der Waals surface area contributed by atoms with Gasteiger partial charge in [-0.1, -0.05) is 6.92 Å². The fraction of sp³-hybridized carbons (Fsp3) is 0.364. The molecule has 0 saturated heterocycles. The van der Waals surface area contributed by atoms with Crippen LogP contribution in [0.1, 0.15) is 6.92 Å². The summed E-state index contributed by atoms with van der Waals surface area (Å²) in [5, 5.41) is 3.03. The van der Waals surface area contributed by atoms with Crippen molar-refractivity contribution < 1.29 is 8.42 Å². The zero-order valence-corrected chi connectivity index (χ0v) is 11.3. The standard InChI is InChI=1S/C11H16N4O3S/c1-2-12-5-6-13-19(17,18)8-3-4-9-10(7-8)15-11(16)14-9/h3-4,7,12-13H,2,5-6H2,1H3,(H2,14,15,16). The third-order valence-electron chi connectivity index (χ3n) is 2.64. The van der Waals surface area contributed by atoms with Crippen LogP contribution in [0.3, 0.4) is 0 Å². The summed E-state index contributed by atoms with van der Waals surface area (Å²) in [5.74, 6) is 0. The number of hydrogen-bond acceptors (Lipinski definition) is 4. The number of hydrogen-bond donors (Lipinski definition) is 4. The van der Waals surface area contributed by atoms with Gasteiger partial charge >= 0.3 is 5.69 Å². The summed E-state index contributed by atoms with van der Waals surface area (Å²) in [7, 11) is -3.55. The number of likely N-dealkylation sites (N-methyl/N-ethyl adjacent to an activating group) is 1. The second-order valence-electron chi connectivity index (χ2n) is 4.04. The zero-order chi connectivity index (χ0) is 13.9. The minimum Gasteiger partial charge on any atom is -0.316 e. The van der Waals surface area contributed by atoms with E-state index in [1.165, 1.54) is 12.1 Å². The van der Waals surface area contributed by atoms with Crippen molar-refractivity contribution in [3.05, 3.63) is 28.7 Å². The SMILES string of the molecule is CCNCCNS(=O)(=O)c1ccc2[nH]c(=O)[nH]c2c1. The summed E-state index contributed by atoms with van der Waals surface area (Å²) in [6.45, 7) is 3.62. The Labute approximate surface area is 110 Å². The molecule has 0 aliphatic rings. The maximum absolute atomic E-state index is 12.0. The van der Waals surface area contributed by atoms with E-state index in [0.29, 0.717) is 24.1 Å². The molecular formula is C11H16N4O3S. The van der Waals surface area contributed by atoms with E-state index in [4.69, 9.17) is 0 Å². The van der Waals surface area contributed by atoms with E-state index < -0.39 is 10.0 Å². The molecule has 0 aliphatic carbocycles. The molecule has 7 nitrogen and oxygen atoms in total. The average Bonchev–Trinajstić information content (AvgIpc) is 2.73. The molecule has 0 spiro atoms. The van der Waals surface area contributed by atoms with Gasteiger partial charge in [0.15, 0.2) is 0 Å². The molecule has 19 heavy (non-hydrogen) atoms. The molecule has 2 aromatic rings. The highest BCUT2D eigenvalue weighted by Crippen LogP contribution is 2.14. The molecule has 0 saturated carbocycles. The second-order valence-corrected chi connectivity index (χ2v) is 5.80. The van der Waals surface area contributed by atoms with Gasteiger partial charge in [-0.05, 0) is 24.7 Å². The molecule has 0 amide bonds. The molecule has 0 fully saturated rings. The summed E-state index contributed by atoms with van der Waals surface area (Å²) in [4.78, 5) is 16.3. The first-order valence-corrected chi connectivity index (χ1v) is 7.43. The molecule has 0 radical (unpaired) electrons. The van der Waals surface area contributed by atoms with Gasteiger partial charge in [-0.15, -0.1) is 0 Å². The number of aromatic amines is 2. The first-order valence-electron chi connectivity index (χ1n) is 5.95. The third kappa shape index (κ3) is 3.22. The predicted molar refractivity (Wildman–Crippen MR) is 72.7 cm³/mol. The largest absolute Gasteiger partial charge is 0.323 e. The molecule has 1 aromatic carbocycles. The Morgan fingerprint density at radius 1 is 1.16 bits per heavy atom. The third-order valence-corrected chi connectivity index (χ3v) is 4.10. The minimum atomic E-state index is -3.55. The number of nitrogens with one attached hydrogen (secondary N) is 4. The van der Waals surface area contributed by atoms with Gasteiger partial charge in [0.25, 0.3) is 0 Å². The number of sulfonamides is 1. The topological polar surface area (TPSA) is 107 Å². The second kappa shape index (κ2) is 5.55. The van der Waals surface area contributed by atoms with E-state index in [9.17, 15) is 13.2 Å². The number of rotatable bonds is 6. The van der Waals surface area contributed by atoms with Gasteiger partial charge in [0.2, 0.25) is 10.0 Å². The van der Waals surface area contributed by atoms with Crippen LogP contribution < -0.4 is 15.7 Å². The van der Waals surface area contributed by atoms with Crippen LogP contribution in [0, 0.1) is 0 Å². The van der Waals surface area contributed by atoms with Crippen molar-refractivity contribution in [2.75, 3.05) is 19.6 Å². The Bertz CT molecular complexity index is 717. The predicted octanol–water partition coefficient (Wildman–Crippen LogP) is -0.256. The van der Waals surface area contributed by atoms with Crippen molar-refractivity contribution in [2.45, 2.75) is 11.8 Å². The van der Waals surface area contributed by atoms with E-state index in [-0.39, 0.29) is 10.6 Å². The highest BCUT2D eigenvalue weighted by atomic mass is 32.2. The quantitative estimate of drug-likeness (QED) is 0.548. The minimum absolute atomic E-state index is 0.131. The molecule has 0 bridgehead atoms. The monoisotopic (exact) mass is 284 g/mol. The van der Waals surface area contributed by atoms with Crippen molar-refractivity contribution in [3.63, 3.8) is 0 Å². The number of fused-ring (bicyclic) bond motifs is 1. The lowest BCUT2D eigenvalue weighted by atomic mass is 10.3. The fourth-order valence-corrected chi connectivity index (χ4v) is 2.77. The average molecular weight is 284 g/mol. The maximum Gasteiger partial charge on any atom is 0.323 e. The number of benzene rings is 1. The van der Waals surface area contributed by atoms with Gasteiger partial charge in [-0.2, -0.15) is 0 Å². The molecule has 8 heteroatoms. The molecule has 104 valence electrons. The van der Waals surface area contributed by atoms with Crippen LogP contribution >= 0.6 is 0 Å². The summed E-state index contributed by atoms with van der Waals surface area (Å²) >= 11 is 0. The highest BCUT2D eigenvalue weighted by molar-refractivity contribution is 7.89. The van der Waals surface area contributed by atoms with Gasteiger partial charge in [-0.25, -0.2) is 17.9 Å². The van der Waals surface area contributed by atoms with E-state index in [1.54, 1.807) is 6.07 Å². The molecule has 0 unspecified atom stereocenters. The van der Waals surface area contributed by atoms with Gasteiger partial charge in [0, 0.05) is 13.1 Å². The number of aromatic nitrogens is 2. The molecule has 2 rings (SSSR count). The van der Waals surface area contributed by atoms with Crippen molar-refractivity contribution in [1.82, 2.24) is 20.0 Å². The first-order chi connectivity index (χ1) is 9.03. The van der Waals surface area contributed by atoms with Crippen LogP contribution in [0.25, 0.3) is 11.0 Å². The van der Waals surface area contributed by atoms with Gasteiger partial charge < -0.3 is 15.3 Å².